The summed E-state index contributed by atoms with van der Waals surface area (Å²) >= 11 is 0. The van der Waals surface area contributed by atoms with Crippen molar-refractivity contribution in [3.8, 4) is 6.07 Å². The lowest BCUT2D eigenvalue weighted by Gasteiger charge is -2.45. The van der Waals surface area contributed by atoms with Gasteiger partial charge in [0.2, 0.25) is 5.91 Å². The van der Waals surface area contributed by atoms with Crippen LogP contribution < -0.4 is 5.32 Å². The topological polar surface area (TPSA) is 85.6 Å². The molecule has 2 aliphatic rings. The molecule has 2 aromatic carbocycles. The summed E-state index contributed by atoms with van der Waals surface area (Å²) in [6, 6.07) is 16.0. The summed E-state index contributed by atoms with van der Waals surface area (Å²) in [5.74, 6) is -0.619. The first-order valence-electron chi connectivity index (χ1n) is 10.9. The van der Waals surface area contributed by atoms with Crippen LogP contribution in [0, 0.1) is 23.2 Å². The van der Waals surface area contributed by atoms with Gasteiger partial charge in [-0.15, -0.1) is 0 Å². The molecule has 162 valence electrons. The molecule has 0 saturated heterocycles. The fraction of sp³-hybridized carbons (Fsp3) is 0.308. The van der Waals surface area contributed by atoms with E-state index in [0.29, 0.717) is 29.8 Å². The number of carbonyl (C=O) groups excluding carboxylic acids is 2. The fourth-order valence-electron chi connectivity index (χ4n) is 4.60. The lowest BCUT2D eigenvalue weighted by molar-refractivity contribution is -0.119. The van der Waals surface area contributed by atoms with Gasteiger partial charge in [0.15, 0.2) is 0 Å². The smallest absolute Gasteiger partial charge is 0.254 e. The number of fused-ring (bicyclic) bond motifs is 1. The van der Waals surface area contributed by atoms with Crippen molar-refractivity contribution in [2.24, 2.45) is 16.8 Å². The van der Waals surface area contributed by atoms with Crippen LogP contribution in [0.2, 0.25) is 0 Å². The lowest BCUT2D eigenvalue weighted by atomic mass is 9.75. The van der Waals surface area contributed by atoms with E-state index >= 15 is 0 Å². The summed E-state index contributed by atoms with van der Waals surface area (Å²) in [5, 5.41) is 12.2. The largest absolute Gasteiger partial charge is 0.334 e. The van der Waals surface area contributed by atoms with Gasteiger partial charge in [0.25, 0.3) is 5.91 Å². The van der Waals surface area contributed by atoms with E-state index in [0.717, 1.165) is 5.56 Å². The first-order chi connectivity index (χ1) is 15.5. The van der Waals surface area contributed by atoms with E-state index in [1.165, 1.54) is 0 Å². The highest BCUT2D eigenvalue weighted by molar-refractivity contribution is 6.04. The summed E-state index contributed by atoms with van der Waals surface area (Å²) in [4.78, 5) is 33.4. The number of amides is 2. The Bertz CT molecular complexity index is 1130. The average Bonchev–Trinajstić information content (AvgIpc) is 2.81. The second-order valence-electron chi connectivity index (χ2n) is 8.67. The number of hydrogen-bond acceptors (Lipinski definition) is 4. The van der Waals surface area contributed by atoms with E-state index in [9.17, 15) is 14.9 Å². The normalized spacial score (nSPS) is 21.9. The molecule has 0 fully saturated rings. The van der Waals surface area contributed by atoms with Crippen LogP contribution in [0.15, 0.2) is 65.8 Å². The molecule has 2 aromatic rings. The van der Waals surface area contributed by atoms with E-state index in [4.69, 9.17) is 0 Å². The summed E-state index contributed by atoms with van der Waals surface area (Å²) in [7, 11) is 0. The van der Waals surface area contributed by atoms with Gasteiger partial charge in [-0.2, -0.15) is 5.26 Å². The van der Waals surface area contributed by atoms with E-state index in [1.807, 2.05) is 35.4 Å². The molecule has 4 rings (SSSR count). The number of hydrogen-bond donors (Lipinski definition) is 1. The molecule has 6 heteroatoms. The average molecular weight is 427 g/mol. The maximum absolute atomic E-state index is 13.7. The quantitative estimate of drug-likeness (QED) is 0.771. The van der Waals surface area contributed by atoms with Crippen molar-refractivity contribution in [1.29, 1.82) is 5.26 Å². The molecule has 0 saturated carbocycles. The molecule has 32 heavy (non-hydrogen) atoms. The molecule has 0 bridgehead atoms. The molecule has 3 atom stereocenters. The van der Waals surface area contributed by atoms with Crippen molar-refractivity contribution in [1.82, 2.24) is 4.90 Å². The number of aliphatic imine (C=N–C) groups is 1. The monoisotopic (exact) mass is 426 g/mol. The Morgan fingerprint density at radius 2 is 2.06 bits per heavy atom. The minimum Gasteiger partial charge on any atom is -0.334 e. The van der Waals surface area contributed by atoms with Gasteiger partial charge in [0.1, 0.15) is 0 Å². The van der Waals surface area contributed by atoms with Gasteiger partial charge >= 0.3 is 0 Å². The number of rotatable bonds is 5. The molecule has 0 aliphatic carbocycles. The van der Waals surface area contributed by atoms with Crippen molar-refractivity contribution in [2.75, 3.05) is 11.9 Å². The third-order valence-corrected chi connectivity index (χ3v) is 5.91. The van der Waals surface area contributed by atoms with Crippen LogP contribution in [-0.2, 0) is 4.79 Å². The van der Waals surface area contributed by atoms with Crippen LogP contribution in [0.1, 0.15) is 47.7 Å². The Balaban J connectivity index is 1.79. The van der Waals surface area contributed by atoms with Crippen molar-refractivity contribution in [3.05, 3.63) is 77.5 Å². The van der Waals surface area contributed by atoms with Gasteiger partial charge in [-0.05, 0) is 42.2 Å². The standard InChI is InChI=1S/C26H26N4O2/c1-17(2)16-30-24(19-8-6-12-28-15-19)23(21-10-3-4-11-22(21)26(30)32)25(31)29-20-9-5-7-18(13-20)14-27/h3-7,9-13,15,17,19,23-24H,8,16H2,1-2H3,(H,29,31)/t19?,23-,24+/m1/s1. The number of allylic oxidation sites excluding steroid dienone is 1. The van der Waals surface area contributed by atoms with Crippen molar-refractivity contribution >= 4 is 23.7 Å². The highest BCUT2D eigenvalue weighted by atomic mass is 16.2. The molecule has 1 N–H and O–H groups in total. The zero-order chi connectivity index (χ0) is 22.7. The molecule has 6 nitrogen and oxygen atoms in total. The van der Waals surface area contributed by atoms with Gasteiger partial charge in [-0.3, -0.25) is 14.6 Å². The molecule has 0 radical (unpaired) electrons. The second-order valence-corrected chi connectivity index (χ2v) is 8.67. The highest BCUT2D eigenvalue weighted by Crippen LogP contribution is 2.39. The van der Waals surface area contributed by atoms with Gasteiger partial charge < -0.3 is 10.2 Å². The van der Waals surface area contributed by atoms with Crippen LogP contribution >= 0.6 is 0 Å². The number of nitrogens with one attached hydrogen (secondary N) is 1. The zero-order valence-electron chi connectivity index (χ0n) is 18.2. The van der Waals surface area contributed by atoms with Crippen molar-refractivity contribution in [2.45, 2.75) is 32.2 Å². The van der Waals surface area contributed by atoms with Crippen LogP contribution in [0.3, 0.4) is 0 Å². The Labute approximate surface area is 188 Å². The van der Waals surface area contributed by atoms with Gasteiger partial charge in [-0.25, -0.2) is 0 Å². The number of nitrogens with zero attached hydrogens (tertiary/aromatic N) is 3. The maximum Gasteiger partial charge on any atom is 0.254 e. The molecular weight excluding hydrogens is 400 g/mol. The molecule has 2 aliphatic heterocycles. The van der Waals surface area contributed by atoms with Crippen LogP contribution in [0.25, 0.3) is 0 Å². The molecule has 2 heterocycles. The fourth-order valence-corrected chi connectivity index (χ4v) is 4.60. The lowest BCUT2D eigenvalue weighted by Crippen LogP contribution is -2.55. The van der Waals surface area contributed by atoms with Gasteiger partial charge in [0, 0.05) is 36.1 Å². The molecule has 0 spiro atoms. The van der Waals surface area contributed by atoms with Crippen LogP contribution in [0.4, 0.5) is 5.69 Å². The van der Waals surface area contributed by atoms with Crippen molar-refractivity contribution in [3.63, 3.8) is 0 Å². The maximum atomic E-state index is 13.7. The Morgan fingerprint density at radius 1 is 1.25 bits per heavy atom. The van der Waals surface area contributed by atoms with E-state index in [-0.39, 0.29) is 29.7 Å². The predicted molar refractivity (Wildman–Crippen MR) is 124 cm³/mol. The number of carbonyl (C=O) groups is 2. The number of benzene rings is 2. The minimum atomic E-state index is -0.559. The Kier molecular flexibility index (Phi) is 6.18. The van der Waals surface area contributed by atoms with Crippen LogP contribution in [0.5, 0.6) is 0 Å². The number of nitriles is 1. The predicted octanol–water partition coefficient (Wildman–Crippen LogP) is 4.37. The SMILES string of the molecule is CC(C)CN1C(=O)c2ccccc2[C@@H](C(=O)Nc2cccc(C#N)c2)[C@@H]1C1C=NC=CC1. The summed E-state index contributed by atoms with van der Waals surface area (Å²) in [6.45, 7) is 4.70. The third kappa shape index (κ3) is 4.19. The highest BCUT2D eigenvalue weighted by Gasteiger charge is 2.46. The Morgan fingerprint density at radius 3 is 2.78 bits per heavy atom. The zero-order valence-corrected chi connectivity index (χ0v) is 18.2. The van der Waals surface area contributed by atoms with E-state index < -0.39 is 5.92 Å². The van der Waals surface area contributed by atoms with Gasteiger partial charge in [-0.1, -0.05) is 44.2 Å². The molecule has 1 unspecified atom stereocenters. The molecule has 0 aromatic heterocycles. The first kappa shape index (κ1) is 21.5. The summed E-state index contributed by atoms with van der Waals surface area (Å²) in [6.07, 6.45) is 6.31. The van der Waals surface area contributed by atoms with Gasteiger partial charge in [0.05, 0.1) is 23.6 Å². The summed E-state index contributed by atoms with van der Waals surface area (Å²) < 4.78 is 0. The van der Waals surface area contributed by atoms with E-state index in [1.54, 1.807) is 36.5 Å². The number of anilines is 1. The second kappa shape index (κ2) is 9.19. The summed E-state index contributed by atoms with van der Waals surface area (Å²) in [5.41, 5.74) is 2.34. The first-order valence-corrected chi connectivity index (χ1v) is 10.9. The van der Waals surface area contributed by atoms with E-state index in [2.05, 4.69) is 30.2 Å². The Hall–Kier alpha value is -3.72. The third-order valence-electron chi connectivity index (χ3n) is 5.91. The molecule has 2 amide bonds. The minimum absolute atomic E-state index is 0.0437. The molecular formula is C26H26N4O2. The van der Waals surface area contributed by atoms with Crippen LogP contribution in [-0.4, -0.2) is 35.5 Å². The van der Waals surface area contributed by atoms with Crippen molar-refractivity contribution < 1.29 is 9.59 Å².